The molecule has 1 atom stereocenters. The lowest BCUT2D eigenvalue weighted by Gasteiger charge is -2.51. The smallest absolute Gasteiger partial charge is 0.320 e. The van der Waals surface area contributed by atoms with Gasteiger partial charge in [0, 0.05) is 51.8 Å². The van der Waals surface area contributed by atoms with Gasteiger partial charge in [-0.3, -0.25) is 9.69 Å². The molecule has 198 valence electrons. The van der Waals surface area contributed by atoms with Gasteiger partial charge in [0.25, 0.3) is 0 Å². The summed E-state index contributed by atoms with van der Waals surface area (Å²) in [6.45, 7) is 3.59. The average Bonchev–Trinajstić information content (AvgIpc) is 3.44. The van der Waals surface area contributed by atoms with E-state index in [1.54, 1.807) is 7.11 Å². The molecule has 7 heteroatoms. The molecule has 4 fully saturated rings. The van der Waals surface area contributed by atoms with Crippen LogP contribution in [-0.2, 0) is 15.1 Å². The first-order valence-electron chi connectivity index (χ1n) is 14.0. The Hall–Kier alpha value is -2.12. The molecule has 1 aromatic carbocycles. The van der Waals surface area contributed by atoms with Crippen molar-refractivity contribution in [3.63, 3.8) is 0 Å². The molecule has 5 rings (SSSR count). The fraction of sp³-hybridized carbons (Fsp3) is 0.724. The van der Waals surface area contributed by atoms with Crippen molar-refractivity contribution in [3.8, 4) is 0 Å². The van der Waals surface area contributed by atoms with E-state index < -0.39 is 0 Å². The zero-order valence-electron chi connectivity index (χ0n) is 22.5. The maximum atomic E-state index is 13.7. The SMILES string of the molecule is CO[C@@H]1CCN(C(=O)CCN2CC3(CCC(c4ccccc4)(N(C)C)CC3)N(CC3CCC3)C2=O)C1. The van der Waals surface area contributed by atoms with Gasteiger partial charge in [0.15, 0.2) is 0 Å². The highest BCUT2D eigenvalue weighted by Gasteiger charge is 2.54. The van der Waals surface area contributed by atoms with Gasteiger partial charge in [-0.05, 0) is 70.5 Å². The van der Waals surface area contributed by atoms with E-state index in [-0.39, 0.29) is 29.1 Å². The quantitative estimate of drug-likeness (QED) is 0.547. The van der Waals surface area contributed by atoms with Gasteiger partial charge in [-0.2, -0.15) is 0 Å². The summed E-state index contributed by atoms with van der Waals surface area (Å²) in [5.74, 6) is 0.783. The molecule has 0 unspecified atom stereocenters. The monoisotopic (exact) mass is 496 g/mol. The number of carbonyl (C=O) groups excluding carboxylic acids is 2. The topological polar surface area (TPSA) is 56.3 Å². The third-order valence-corrected chi connectivity index (χ3v) is 9.83. The summed E-state index contributed by atoms with van der Waals surface area (Å²) in [4.78, 5) is 35.2. The zero-order valence-corrected chi connectivity index (χ0v) is 22.5. The highest BCUT2D eigenvalue weighted by molar-refractivity contribution is 5.80. The Morgan fingerprint density at radius 3 is 2.39 bits per heavy atom. The number of benzene rings is 1. The van der Waals surface area contributed by atoms with Crippen LogP contribution >= 0.6 is 0 Å². The van der Waals surface area contributed by atoms with Crippen molar-refractivity contribution in [1.29, 1.82) is 0 Å². The molecule has 1 aromatic rings. The van der Waals surface area contributed by atoms with Crippen molar-refractivity contribution < 1.29 is 14.3 Å². The van der Waals surface area contributed by atoms with Gasteiger partial charge < -0.3 is 19.4 Å². The van der Waals surface area contributed by atoms with Crippen LogP contribution in [-0.4, -0.2) is 97.1 Å². The van der Waals surface area contributed by atoms with Crippen molar-refractivity contribution >= 4 is 11.9 Å². The van der Waals surface area contributed by atoms with E-state index >= 15 is 0 Å². The van der Waals surface area contributed by atoms with Crippen LogP contribution in [0, 0.1) is 5.92 Å². The first kappa shape index (κ1) is 25.5. The van der Waals surface area contributed by atoms with Gasteiger partial charge in [0.1, 0.15) is 0 Å². The van der Waals surface area contributed by atoms with Gasteiger partial charge in [-0.25, -0.2) is 4.79 Å². The van der Waals surface area contributed by atoms with Gasteiger partial charge in [-0.1, -0.05) is 36.8 Å². The molecule has 2 saturated heterocycles. The third kappa shape index (κ3) is 4.65. The Balaban J connectivity index is 1.29. The Kier molecular flexibility index (Phi) is 7.32. The van der Waals surface area contributed by atoms with Crippen LogP contribution < -0.4 is 0 Å². The lowest BCUT2D eigenvalue weighted by molar-refractivity contribution is -0.130. The summed E-state index contributed by atoms with van der Waals surface area (Å²) < 4.78 is 5.43. The lowest BCUT2D eigenvalue weighted by atomic mass is 9.68. The molecule has 36 heavy (non-hydrogen) atoms. The number of urea groups is 1. The highest BCUT2D eigenvalue weighted by atomic mass is 16.5. The van der Waals surface area contributed by atoms with E-state index in [9.17, 15) is 9.59 Å². The van der Waals surface area contributed by atoms with Crippen LogP contribution in [0.1, 0.15) is 63.4 Å². The minimum absolute atomic E-state index is 0.00866. The molecule has 0 bridgehead atoms. The normalized spacial score (nSPS) is 31.1. The Bertz CT molecular complexity index is 924. The summed E-state index contributed by atoms with van der Waals surface area (Å²) in [5.41, 5.74) is 1.27. The second-order valence-electron chi connectivity index (χ2n) is 11.9. The largest absolute Gasteiger partial charge is 0.380 e. The molecule has 7 nitrogen and oxygen atoms in total. The number of methoxy groups -OCH3 is 1. The van der Waals surface area contributed by atoms with E-state index in [0.717, 1.165) is 51.7 Å². The summed E-state index contributed by atoms with van der Waals surface area (Å²) in [6.07, 6.45) is 9.30. The number of ether oxygens (including phenoxy) is 1. The molecular formula is C29H44N4O3. The predicted octanol–water partition coefficient (Wildman–Crippen LogP) is 3.93. The van der Waals surface area contributed by atoms with E-state index in [1.807, 2.05) is 9.80 Å². The summed E-state index contributed by atoms with van der Waals surface area (Å²) in [6, 6.07) is 11.0. The number of hydrogen-bond acceptors (Lipinski definition) is 4. The second-order valence-corrected chi connectivity index (χ2v) is 11.9. The van der Waals surface area contributed by atoms with Crippen molar-refractivity contribution in [2.45, 2.75) is 75.0 Å². The number of amides is 3. The zero-order chi connectivity index (χ0) is 25.3. The summed E-state index contributed by atoms with van der Waals surface area (Å²) in [7, 11) is 6.10. The average molecular weight is 497 g/mol. The molecule has 3 amide bonds. The lowest BCUT2D eigenvalue weighted by Crippen LogP contribution is -2.56. The molecule has 2 aliphatic carbocycles. The Labute approximate surface area is 216 Å². The first-order valence-corrected chi connectivity index (χ1v) is 14.0. The predicted molar refractivity (Wildman–Crippen MR) is 141 cm³/mol. The van der Waals surface area contributed by atoms with Crippen LogP contribution in [0.15, 0.2) is 30.3 Å². The van der Waals surface area contributed by atoms with E-state index in [2.05, 4.69) is 54.2 Å². The van der Waals surface area contributed by atoms with Crippen LogP contribution in [0.2, 0.25) is 0 Å². The van der Waals surface area contributed by atoms with Crippen molar-refractivity contribution in [2.24, 2.45) is 5.92 Å². The molecule has 0 aromatic heterocycles. The molecule has 4 aliphatic rings. The number of likely N-dealkylation sites (tertiary alicyclic amines) is 1. The number of rotatable bonds is 8. The van der Waals surface area contributed by atoms with Gasteiger partial charge in [-0.15, -0.1) is 0 Å². The minimum atomic E-state index is -0.112. The maximum Gasteiger partial charge on any atom is 0.320 e. The van der Waals surface area contributed by atoms with Crippen molar-refractivity contribution in [1.82, 2.24) is 19.6 Å². The number of nitrogens with zero attached hydrogens (tertiary/aromatic N) is 4. The fourth-order valence-corrected chi connectivity index (χ4v) is 7.10. The minimum Gasteiger partial charge on any atom is -0.380 e. The van der Waals surface area contributed by atoms with Crippen LogP contribution in [0.5, 0.6) is 0 Å². The summed E-state index contributed by atoms with van der Waals surface area (Å²) in [5, 5.41) is 0. The van der Waals surface area contributed by atoms with Crippen LogP contribution in [0.25, 0.3) is 0 Å². The van der Waals surface area contributed by atoms with Gasteiger partial charge in [0.2, 0.25) is 5.91 Å². The summed E-state index contributed by atoms with van der Waals surface area (Å²) >= 11 is 0. The Morgan fingerprint density at radius 1 is 1.08 bits per heavy atom. The molecule has 2 saturated carbocycles. The van der Waals surface area contributed by atoms with Crippen molar-refractivity contribution in [3.05, 3.63) is 35.9 Å². The van der Waals surface area contributed by atoms with Crippen LogP contribution in [0.4, 0.5) is 4.79 Å². The molecule has 2 aliphatic heterocycles. The standard InChI is InChI=1S/C29H44N4O3/c1-30(2)29(24-10-5-4-6-11-24)16-14-28(15-17-29)22-32(27(35)33(28)20-23-8-7-9-23)19-13-26(34)31-18-12-25(21-31)36-3/h4-6,10-11,23,25H,7-9,12-22H2,1-3H3/t25-,28?,29?/m1/s1. The molecular weight excluding hydrogens is 452 g/mol. The van der Waals surface area contributed by atoms with Gasteiger partial charge in [0.05, 0.1) is 11.6 Å². The van der Waals surface area contributed by atoms with Crippen molar-refractivity contribution in [2.75, 3.05) is 53.9 Å². The van der Waals surface area contributed by atoms with Crippen LogP contribution in [0.3, 0.4) is 0 Å². The van der Waals surface area contributed by atoms with E-state index in [4.69, 9.17) is 4.74 Å². The highest BCUT2D eigenvalue weighted by Crippen LogP contribution is 2.49. The second kappa shape index (κ2) is 10.3. The fourth-order valence-electron chi connectivity index (χ4n) is 7.10. The Morgan fingerprint density at radius 2 is 1.81 bits per heavy atom. The van der Waals surface area contributed by atoms with E-state index in [0.29, 0.717) is 25.4 Å². The number of hydrogen-bond donors (Lipinski definition) is 0. The van der Waals surface area contributed by atoms with Gasteiger partial charge >= 0.3 is 6.03 Å². The first-order chi connectivity index (χ1) is 17.4. The molecule has 0 radical (unpaired) electrons. The molecule has 0 N–H and O–H groups in total. The molecule has 2 heterocycles. The molecule has 1 spiro atoms. The van der Waals surface area contributed by atoms with E-state index in [1.165, 1.54) is 24.8 Å². The maximum absolute atomic E-state index is 13.7. The third-order valence-electron chi connectivity index (χ3n) is 9.83. The number of carbonyl (C=O) groups is 2.